The molecule has 0 radical (unpaired) electrons. The minimum Gasteiger partial charge on any atom is -0.370 e. The van der Waals surface area contributed by atoms with Gasteiger partial charge in [-0.05, 0) is 49.1 Å². The summed E-state index contributed by atoms with van der Waals surface area (Å²) in [6, 6.07) is 6.50. The van der Waals surface area contributed by atoms with Gasteiger partial charge in [-0.3, -0.25) is 4.79 Å². The number of amides is 1. The lowest BCUT2D eigenvalue weighted by molar-refractivity contribution is -0.136. The number of carbonyl (C=O) groups is 1. The Morgan fingerprint density at radius 2 is 2.07 bits per heavy atom. The summed E-state index contributed by atoms with van der Waals surface area (Å²) < 4.78 is 39.4. The van der Waals surface area contributed by atoms with Gasteiger partial charge in [-0.2, -0.15) is 13.2 Å². The highest BCUT2D eigenvalue weighted by molar-refractivity contribution is 6.30. The Hall–Kier alpha value is -2.28. The van der Waals surface area contributed by atoms with Crippen LogP contribution in [0.4, 0.5) is 24.5 Å². The summed E-state index contributed by atoms with van der Waals surface area (Å²) in [4.78, 5) is 18.7. The molecule has 27 heavy (non-hydrogen) atoms. The summed E-state index contributed by atoms with van der Waals surface area (Å²) in [5, 5.41) is 2.22. The van der Waals surface area contributed by atoms with Crippen LogP contribution in [0.5, 0.6) is 0 Å². The zero-order valence-electron chi connectivity index (χ0n) is 14.7. The number of piperidine rings is 1. The van der Waals surface area contributed by atoms with Gasteiger partial charge in [-0.1, -0.05) is 18.5 Å². The molecule has 1 fully saturated rings. The Kier molecular flexibility index (Phi) is 5.60. The van der Waals surface area contributed by atoms with E-state index in [1.807, 2.05) is 0 Å². The standard InChI is InChI=1S/C19H19ClF3N3O/c1-12-3-2-8-26(11-12)14-5-7-17(24-10-14)18(27)25-16-6-4-13(20)9-15(16)19(21,22)23/h4-7,9-10,12H,2-3,8,11H2,1H3,(H,25,27). The molecule has 1 unspecified atom stereocenters. The van der Waals surface area contributed by atoms with E-state index in [2.05, 4.69) is 22.1 Å². The molecule has 1 aliphatic rings. The molecule has 3 rings (SSSR count). The minimum atomic E-state index is -4.63. The largest absolute Gasteiger partial charge is 0.418 e. The Morgan fingerprint density at radius 1 is 1.30 bits per heavy atom. The number of benzene rings is 1. The molecule has 1 amide bonds. The Balaban J connectivity index is 1.75. The lowest BCUT2D eigenvalue weighted by atomic mass is 10.00. The van der Waals surface area contributed by atoms with Gasteiger partial charge >= 0.3 is 6.18 Å². The number of hydrogen-bond donors (Lipinski definition) is 1. The van der Waals surface area contributed by atoms with Gasteiger partial charge in [0.25, 0.3) is 5.91 Å². The maximum Gasteiger partial charge on any atom is 0.418 e. The highest BCUT2D eigenvalue weighted by Crippen LogP contribution is 2.36. The van der Waals surface area contributed by atoms with Crippen molar-refractivity contribution in [2.45, 2.75) is 25.9 Å². The number of nitrogens with one attached hydrogen (secondary N) is 1. The third-order valence-electron chi connectivity index (χ3n) is 4.54. The van der Waals surface area contributed by atoms with E-state index in [1.54, 1.807) is 12.3 Å². The van der Waals surface area contributed by atoms with E-state index in [4.69, 9.17) is 11.6 Å². The fourth-order valence-corrected chi connectivity index (χ4v) is 3.35. The zero-order chi connectivity index (χ0) is 19.6. The quantitative estimate of drug-likeness (QED) is 0.770. The zero-order valence-corrected chi connectivity index (χ0v) is 15.4. The van der Waals surface area contributed by atoms with E-state index in [0.29, 0.717) is 5.92 Å². The van der Waals surface area contributed by atoms with E-state index in [1.165, 1.54) is 18.6 Å². The van der Waals surface area contributed by atoms with Gasteiger partial charge < -0.3 is 10.2 Å². The van der Waals surface area contributed by atoms with Crippen LogP contribution in [0.1, 0.15) is 35.8 Å². The third kappa shape index (κ3) is 4.71. The number of hydrogen-bond acceptors (Lipinski definition) is 3. The van der Waals surface area contributed by atoms with Gasteiger partial charge in [0.2, 0.25) is 0 Å². The predicted octanol–water partition coefficient (Wildman–Crippen LogP) is 5.24. The van der Waals surface area contributed by atoms with Crippen LogP contribution in [0.25, 0.3) is 0 Å². The van der Waals surface area contributed by atoms with Crippen LogP contribution in [-0.4, -0.2) is 24.0 Å². The first-order valence-corrected chi connectivity index (χ1v) is 9.01. The third-order valence-corrected chi connectivity index (χ3v) is 4.77. The monoisotopic (exact) mass is 397 g/mol. The molecule has 0 saturated carbocycles. The number of rotatable bonds is 3. The van der Waals surface area contributed by atoms with Crippen LogP contribution in [0, 0.1) is 5.92 Å². The van der Waals surface area contributed by atoms with Crippen LogP contribution in [-0.2, 0) is 6.18 Å². The normalized spacial score (nSPS) is 17.7. The Bertz CT molecular complexity index is 824. The second-order valence-corrected chi connectivity index (χ2v) is 7.17. The predicted molar refractivity (Wildman–Crippen MR) is 99.3 cm³/mol. The van der Waals surface area contributed by atoms with E-state index in [-0.39, 0.29) is 16.4 Å². The Morgan fingerprint density at radius 3 is 2.70 bits per heavy atom. The van der Waals surface area contributed by atoms with Crippen LogP contribution < -0.4 is 10.2 Å². The maximum absolute atomic E-state index is 13.1. The van der Waals surface area contributed by atoms with Crippen molar-refractivity contribution in [3.8, 4) is 0 Å². The van der Waals surface area contributed by atoms with Crippen LogP contribution >= 0.6 is 11.6 Å². The maximum atomic E-state index is 13.1. The first-order valence-electron chi connectivity index (χ1n) is 8.63. The average Bonchev–Trinajstić information content (AvgIpc) is 2.62. The number of aromatic nitrogens is 1. The van der Waals surface area contributed by atoms with Crippen molar-refractivity contribution >= 4 is 28.9 Å². The van der Waals surface area contributed by atoms with Gasteiger partial charge in [0, 0.05) is 18.1 Å². The molecule has 1 atom stereocenters. The first-order chi connectivity index (χ1) is 12.7. The Labute approximate surface area is 160 Å². The summed E-state index contributed by atoms with van der Waals surface area (Å²) in [7, 11) is 0. The van der Waals surface area contributed by atoms with E-state index < -0.39 is 17.6 Å². The van der Waals surface area contributed by atoms with Crippen molar-refractivity contribution in [2.24, 2.45) is 5.92 Å². The lowest BCUT2D eigenvalue weighted by Gasteiger charge is -2.32. The van der Waals surface area contributed by atoms with Crippen LogP contribution in [0.15, 0.2) is 36.5 Å². The molecule has 144 valence electrons. The summed E-state index contributed by atoms with van der Waals surface area (Å²) in [5.74, 6) is -0.117. The van der Waals surface area contributed by atoms with Crippen molar-refractivity contribution < 1.29 is 18.0 Å². The highest BCUT2D eigenvalue weighted by Gasteiger charge is 2.34. The summed E-state index contributed by atoms with van der Waals surface area (Å²) >= 11 is 5.65. The van der Waals surface area contributed by atoms with Crippen molar-refractivity contribution in [3.63, 3.8) is 0 Å². The smallest absolute Gasteiger partial charge is 0.370 e. The highest BCUT2D eigenvalue weighted by atomic mass is 35.5. The molecule has 0 spiro atoms. The minimum absolute atomic E-state index is 0.0480. The molecule has 8 heteroatoms. The van der Waals surface area contributed by atoms with Crippen LogP contribution in [0.2, 0.25) is 5.02 Å². The SMILES string of the molecule is CC1CCCN(c2ccc(C(=O)Nc3ccc(Cl)cc3C(F)(F)F)nc2)C1. The van der Waals surface area contributed by atoms with Crippen molar-refractivity contribution in [1.82, 2.24) is 4.98 Å². The van der Waals surface area contributed by atoms with Crippen molar-refractivity contribution in [1.29, 1.82) is 0 Å². The molecule has 1 aromatic carbocycles. The first kappa shape index (κ1) is 19.5. The van der Waals surface area contributed by atoms with Gasteiger partial charge in [0.1, 0.15) is 5.69 Å². The molecule has 0 bridgehead atoms. The molecule has 1 saturated heterocycles. The number of carbonyl (C=O) groups excluding carboxylic acids is 1. The van der Waals surface area contributed by atoms with Crippen molar-refractivity contribution in [2.75, 3.05) is 23.3 Å². The number of alkyl halides is 3. The second kappa shape index (κ2) is 7.76. The van der Waals surface area contributed by atoms with E-state index in [9.17, 15) is 18.0 Å². The molecule has 2 aromatic rings. The number of nitrogens with zero attached hydrogens (tertiary/aromatic N) is 2. The second-order valence-electron chi connectivity index (χ2n) is 6.74. The van der Waals surface area contributed by atoms with Crippen molar-refractivity contribution in [3.05, 3.63) is 52.8 Å². The summed E-state index contributed by atoms with van der Waals surface area (Å²) in [6.45, 7) is 4.04. The topological polar surface area (TPSA) is 45.2 Å². The van der Waals surface area contributed by atoms with Gasteiger partial charge in [0.05, 0.1) is 23.1 Å². The molecule has 4 nitrogen and oxygen atoms in total. The van der Waals surface area contributed by atoms with Crippen LogP contribution in [0.3, 0.4) is 0 Å². The fourth-order valence-electron chi connectivity index (χ4n) is 3.18. The summed E-state index contributed by atoms with van der Waals surface area (Å²) in [6.07, 6.45) is -0.761. The number of pyridine rings is 1. The molecular formula is C19H19ClF3N3O. The summed E-state index contributed by atoms with van der Waals surface area (Å²) in [5.41, 5.74) is -0.401. The van der Waals surface area contributed by atoms with Gasteiger partial charge in [-0.15, -0.1) is 0 Å². The fraction of sp³-hybridized carbons (Fsp3) is 0.368. The number of anilines is 2. The van der Waals surface area contributed by atoms with E-state index in [0.717, 1.165) is 37.3 Å². The molecule has 1 aromatic heterocycles. The van der Waals surface area contributed by atoms with Gasteiger partial charge in [0.15, 0.2) is 0 Å². The molecule has 1 aliphatic heterocycles. The number of halogens is 4. The van der Waals surface area contributed by atoms with E-state index >= 15 is 0 Å². The lowest BCUT2D eigenvalue weighted by Crippen LogP contribution is -2.34. The molecule has 1 N–H and O–H groups in total. The molecule has 0 aliphatic carbocycles. The average molecular weight is 398 g/mol. The van der Waals surface area contributed by atoms with Gasteiger partial charge in [-0.25, -0.2) is 4.98 Å². The molecular weight excluding hydrogens is 379 g/mol. The molecule has 2 heterocycles.